The van der Waals surface area contributed by atoms with Crippen LogP contribution in [0.4, 0.5) is 22.8 Å². The maximum atomic E-state index is 14.1. The molecule has 0 heterocycles. The summed E-state index contributed by atoms with van der Waals surface area (Å²) in [6.07, 6.45) is -7.88. The van der Waals surface area contributed by atoms with Crippen LogP contribution in [0.15, 0.2) is 33.1 Å². The fourth-order valence-corrected chi connectivity index (χ4v) is 5.67. The Morgan fingerprint density at radius 1 is 0.833 bits per heavy atom. The minimum atomic E-state index is -4.68. The van der Waals surface area contributed by atoms with Crippen LogP contribution in [0.3, 0.4) is 0 Å². The molecule has 1 N–H and O–H groups in total. The Balaban J connectivity index is 3.40. The van der Waals surface area contributed by atoms with Crippen molar-refractivity contribution in [2.24, 2.45) is 4.36 Å². The molecule has 0 saturated carbocycles. The minimum Gasteiger partial charge on any atom is -0.458 e. The Kier molecular flexibility index (Phi) is 12.9. The lowest BCUT2D eigenvalue weighted by molar-refractivity contribution is -0.157. The molecule has 0 aromatic heterocycles. The lowest BCUT2D eigenvalue weighted by atomic mass is 9.96. The average molecular weight is 688 g/mol. The highest BCUT2D eigenvalue weighted by atomic mass is 79.9. The number of carbonyl (C=O) groups excluding carboxylic acids is 3. The number of rotatable bonds is 9. The standard InChI is InChI=1S/C28H42BrF3N2O7S/c1-25(2,3)39-22(35)21(33-23(36)40-26(4,5)6)15-17-42(38,34-24(37)41-27(7,8)9)16-14-20(28(30,31)32)18-10-12-19(29)13-11-18/h10-13,20-21H,14-17H2,1-9H3,(H,33,36)/t20?,21-,42?/m0/s1. The second kappa shape index (κ2) is 14.4. The molecule has 14 heteroatoms. The van der Waals surface area contributed by atoms with E-state index in [1.54, 1.807) is 62.3 Å². The Bertz CT molecular complexity index is 1210. The molecule has 3 atom stereocenters. The molecule has 2 amide bonds. The molecule has 240 valence electrons. The monoisotopic (exact) mass is 686 g/mol. The third-order valence-electron chi connectivity index (χ3n) is 5.14. The zero-order valence-electron chi connectivity index (χ0n) is 25.5. The van der Waals surface area contributed by atoms with Crippen molar-refractivity contribution in [2.45, 2.75) is 110 Å². The Morgan fingerprint density at radius 2 is 1.31 bits per heavy atom. The van der Waals surface area contributed by atoms with E-state index in [1.807, 2.05) is 0 Å². The van der Waals surface area contributed by atoms with Gasteiger partial charge in [-0.2, -0.15) is 13.2 Å². The molecule has 42 heavy (non-hydrogen) atoms. The van der Waals surface area contributed by atoms with Crippen LogP contribution >= 0.6 is 15.9 Å². The Labute approximate surface area is 254 Å². The predicted octanol–water partition coefficient (Wildman–Crippen LogP) is 7.51. The topological polar surface area (TPSA) is 120 Å². The summed E-state index contributed by atoms with van der Waals surface area (Å²) in [6.45, 7) is 14.3. The number of hydrogen-bond donors (Lipinski definition) is 1. The van der Waals surface area contributed by atoms with Crippen LogP contribution in [-0.2, 0) is 28.7 Å². The fraction of sp³-hybridized carbons (Fsp3) is 0.679. The van der Waals surface area contributed by atoms with Crippen molar-refractivity contribution in [3.8, 4) is 0 Å². The van der Waals surface area contributed by atoms with Crippen LogP contribution in [0.2, 0.25) is 0 Å². The normalized spacial score (nSPS) is 15.5. The van der Waals surface area contributed by atoms with Crippen LogP contribution in [0.5, 0.6) is 0 Å². The molecule has 0 saturated heterocycles. The van der Waals surface area contributed by atoms with E-state index in [9.17, 15) is 31.8 Å². The predicted molar refractivity (Wildman–Crippen MR) is 158 cm³/mol. The molecule has 1 aromatic carbocycles. The summed E-state index contributed by atoms with van der Waals surface area (Å²) in [6, 6.07) is 4.14. The fourth-order valence-electron chi connectivity index (χ4n) is 3.50. The highest BCUT2D eigenvalue weighted by Gasteiger charge is 2.41. The number of nitrogens with zero attached hydrogens (tertiary/aromatic N) is 1. The number of ether oxygens (including phenoxy) is 3. The molecule has 0 radical (unpaired) electrons. The van der Waals surface area contributed by atoms with Gasteiger partial charge in [0.25, 0.3) is 0 Å². The van der Waals surface area contributed by atoms with E-state index in [1.165, 1.54) is 24.3 Å². The van der Waals surface area contributed by atoms with Crippen molar-refractivity contribution < 1.29 is 46.0 Å². The maximum absolute atomic E-state index is 14.1. The highest BCUT2D eigenvalue weighted by molar-refractivity contribution is 9.10. The smallest absolute Gasteiger partial charge is 0.442 e. The first-order chi connectivity index (χ1) is 18.8. The summed E-state index contributed by atoms with van der Waals surface area (Å²) in [7, 11) is -3.73. The molecule has 0 aliphatic heterocycles. The van der Waals surface area contributed by atoms with Gasteiger partial charge in [0, 0.05) is 16.0 Å². The Hall–Kier alpha value is -2.35. The van der Waals surface area contributed by atoms with E-state index >= 15 is 0 Å². The number of esters is 1. The van der Waals surface area contributed by atoms with Crippen LogP contribution in [0.1, 0.15) is 86.6 Å². The summed E-state index contributed by atoms with van der Waals surface area (Å²) in [5.41, 5.74) is -2.91. The number of carbonyl (C=O) groups is 3. The Morgan fingerprint density at radius 3 is 1.76 bits per heavy atom. The quantitative estimate of drug-likeness (QED) is 0.211. The third-order valence-corrected chi connectivity index (χ3v) is 7.89. The van der Waals surface area contributed by atoms with Crippen LogP contribution in [0, 0.1) is 0 Å². The summed E-state index contributed by atoms with van der Waals surface area (Å²) in [5, 5.41) is 2.38. The molecule has 0 aliphatic carbocycles. The number of alkyl halides is 3. The number of benzene rings is 1. The van der Waals surface area contributed by atoms with Gasteiger partial charge in [-0.3, -0.25) is 0 Å². The molecule has 1 aromatic rings. The number of amides is 2. The minimum absolute atomic E-state index is 0.0528. The second-order valence-corrected chi connectivity index (χ2v) is 16.2. The number of alkyl carbamates (subject to hydrolysis) is 1. The van der Waals surface area contributed by atoms with Gasteiger partial charge in [0.05, 0.1) is 15.6 Å². The van der Waals surface area contributed by atoms with E-state index in [-0.39, 0.29) is 12.0 Å². The molecule has 0 fully saturated rings. The van der Waals surface area contributed by atoms with Gasteiger partial charge in [0.2, 0.25) is 0 Å². The van der Waals surface area contributed by atoms with E-state index in [4.69, 9.17) is 14.2 Å². The van der Waals surface area contributed by atoms with E-state index in [2.05, 4.69) is 25.6 Å². The average Bonchev–Trinajstić information content (AvgIpc) is 2.73. The van der Waals surface area contributed by atoms with Crippen molar-refractivity contribution >= 4 is 43.8 Å². The molecular weight excluding hydrogens is 645 g/mol. The van der Waals surface area contributed by atoms with Gasteiger partial charge in [-0.25, -0.2) is 18.6 Å². The van der Waals surface area contributed by atoms with Gasteiger partial charge in [-0.05, 0) is 92.9 Å². The van der Waals surface area contributed by atoms with Crippen molar-refractivity contribution in [1.82, 2.24) is 5.32 Å². The first-order valence-corrected chi connectivity index (χ1v) is 15.9. The van der Waals surface area contributed by atoms with Gasteiger partial charge < -0.3 is 19.5 Å². The first-order valence-electron chi connectivity index (χ1n) is 13.3. The molecule has 2 unspecified atom stereocenters. The van der Waals surface area contributed by atoms with Crippen molar-refractivity contribution in [1.29, 1.82) is 0 Å². The van der Waals surface area contributed by atoms with Crippen molar-refractivity contribution in [3.05, 3.63) is 34.3 Å². The van der Waals surface area contributed by atoms with Crippen molar-refractivity contribution in [3.63, 3.8) is 0 Å². The third kappa shape index (κ3) is 15.2. The summed E-state index contributed by atoms with van der Waals surface area (Å²) in [4.78, 5) is 37.9. The zero-order chi connectivity index (χ0) is 32.7. The van der Waals surface area contributed by atoms with Gasteiger partial charge in [0.1, 0.15) is 22.8 Å². The molecule has 0 spiro atoms. The van der Waals surface area contributed by atoms with E-state index in [0.717, 1.165) is 0 Å². The van der Waals surface area contributed by atoms with E-state index in [0.29, 0.717) is 4.47 Å². The number of nitrogens with one attached hydrogen (secondary N) is 1. The second-order valence-electron chi connectivity index (χ2n) is 12.7. The summed E-state index contributed by atoms with van der Waals surface area (Å²) >= 11 is 3.19. The summed E-state index contributed by atoms with van der Waals surface area (Å²) in [5.74, 6) is -4.03. The van der Waals surface area contributed by atoms with Crippen LogP contribution in [-0.4, -0.2) is 62.9 Å². The van der Waals surface area contributed by atoms with Gasteiger partial charge in [-0.15, -0.1) is 4.36 Å². The van der Waals surface area contributed by atoms with Crippen LogP contribution in [0.25, 0.3) is 0 Å². The first kappa shape index (κ1) is 37.7. The molecule has 1 rings (SSSR count). The zero-order valence-corrected chi connectivity index (χ0v) is 27.9. The largest absolute Gasteiger partial charge is 0.458 e. The summed E-state index contributed by atoms with van der Waals surface area (Å²) < 4.78 is 76.2. The molecule has 9 nitrogen and oxygen atoms in total. The van der Waals surface area contributed by atoms with Gasteiger partial charge >= 0.3 is 24.3 Å². The SMILES string of the molecule is CC(C)(C)OC(=O)N=S(=O)(CCC(c1ccc(Br)cc1)C(F)(F)F)CC[C@H](NC(=O)OC(C)(C)C)C(=O)OC(C)(C)C. The molecule has 0 bridgehead atoms. The molecule has 0 aliphatic rings. The van der Waals surface area contributed by atoms with Gasteiger partial charge in [-0.1, -0.05) is 28.1 Å². The van der Waals surface area contributed by atoms with Crippen molar-refractivity contribution in [2.75, 3.05) is 11.5 Å². The highest BCUT2D eigenvalue weighted by Crippen LogP contribution is 2.38. The van der Waals surface area contributed by atoms with E-state index < -0.39 is 80.8 Å². The number of halogens is 4. The molecular formula is C28H42BrF3N2O7S. The maximum Gasteiger partial charge on any atom is 0.442 e. The lowest BCUT2D eigenvalue weighted by Crippen LogP contribution is -2.46. The lowest BCUT2D eigenvalue weighted by Gasteiger charge is -2.27. The number of hydrogen-bond acceptors (Lipinski definition) is 7. The van der Waals surface area contributed by atoms with Gasteiger partial charge in [0.15, 0.2) is 0 Å². The van der Waals surface area contributed by atoms with Crippen LogP contribution < -0.4 is 5.32 Å².